The van der Waals surface area contributed by atoms with Crippen molar-refractivity contribution in [2.75, 3.05) is 0 Å². The molecule has 2 N–H and O–H groups in total. The molecule has 4 rings (SSSR count). The van der Waals surface area contributed by atoms with Crippen LogP contribution >= 0.6 is 0 Å². The van der Waals surface area contributed by atoms with Gasteiger partial charge in [-0.05, 0) is 48.6 Å². The fraction of sp³-hybridized carbons (Fsp3) is 0.200. The van der Waals surface area contributed by atoms with Crippen LogP contribution in [0.25, 0.3) is 21.9 Å². The zero-order valence-electron chi connectivity index (χ0n) is 16.4. The third kappa shape index (κ3) is 3.92. The van der Waals surface area contributed by atoms with Crippen LogP contribution < -0.4 is 0 Å². The van der Waals surface area contributed by atoms with Crippen LogP contribution in [0.2, 0.25) is 0 Å². The van der Waals surface area contributed by atoms with Crippen LogP contribution in [-0.4, -0.2) is 22.0 Å². The number of carbonyl (C=O) groups excluding carboxylic acids is 1. The molecule has 0 fully saturated rings. The number of furan rings is 1. The highest BCUT2D eigenvalue weighted by Crippen LogP contribution is 2.34. The number of phenolic OH excluding ortho intramolecular Hbond substituents is 1. The molecule has 1 aromatic heterocycles. The van der Waals surface area contributed by atoms with Crippen LogP contribution in [0.4, 0.5) is 0 Å². The van der Waals surface area contributed by atoms with E-state index in [4.69, 9.17) is 9.52 Å². The predicted octanol–water partition coefficient (Wildman–Crippen LogP) is 5.51. The standard InChI is InChI=1S/C25H22O5/c26-19-8-3-1-6-16(19)12-13-17-14-15-22-25(18-7-2-4-10-21(18)30-22)24(17)20(27)9-5-11-23(28)29/h1-4,6-8,10,14-15,26H,5,9,11-13H2,(H,28,29). The summed E-state index contributed by atoms with van der Waals surface area (Å²) in [5, 5.41) is 20.6. The van der Waals surface area contributed by atoms with Gasteiger partial charge >= 0.3 is 5.97 Å². The van der Waals surface area contributed by atoms with E-state index in [1.807, 2.05) is 48.5 Å². The number of hydrogen-bond acceptors (Lipinski definition) is 4. The number of aliphatic carboxylic acids is 1. The first-order chi connectivity index (χ1) is 14.5. The van der Waals surface area contributed by atoms with Gasteiger partial charge in [-0.1, -0.05) is 42.5 Å². The number of rotatable bonds is 8. The number of carboxylic acids is 1. The number of aromatic hydroxyl groups is 1. The smallest absolute Gasteiger partial charge is 0.303 e. The van der Waals surface area contributed by atoms with Crippen LogP contribution in [0, 0.1) is 0 Å². The summed E-state index contributed by atoms with van der Waals surface area (Å²) in [5.74, 6) is -0.753. The Bertz CT molecular complexity index is 1230. The molecule has 5 nitrogen and oxygen atoms in total. The van der Waals surface area contributed by atoms with Crippen molar-refractivity contribution in [1.82, 2.24) is 0 Å². The Kier molecular flexibility index (Phi) is 5.53. The normalized spacial score (nSPS) is 11.2. The Morgan fingerprint density at radius 1 is 0.800 bits per heavy atom. The third-order valence-electron chi connectivity index (χ3n) is 5.36. The first-order valence-electron chi connectivity index (χ1n) is 9.99. The Morgan fingerprint density at radius 2 is 1.53 bits per heavy atom. The molecule has 3 aromatic carbocycles. The number of benzene rings is 3. The topological polar surface area (TPSA) is 87.7 Å². The van der Waals surface area contributed by atoms with Crippen molar-refractivity contribution in [2.45, 2.75) is 32.1 Å². The van der Waals surface area contributed by atoms with Crippen molar-refractivity contribution in [2.24, 2.45) is 0 Å². The van der Waals surface area contributed by atoms with E-state index < -0.39 is 5.97 Å². The molecule has 1 heterocycles. The Morgan fingerprint density at radius 3 is 2.33 bits per heavy atom. The minimum Gasteiger partial charge on any atom is -0.508 e. The molecule has 0 radical (unpaired) electrons. The maximum Gasteiger partial charge on any atom is 0.303 e. The summed E-state index contributed by atoms with van der Waals surface area (Å²) in [5.41, 5.74) is 3.64. The average molecular weight is 402 g/mol. The molecule has 0 saturated heterocycles. The molecule has 0 aliphatic carbocycles. The first kappa shape index (κ1) is 19.7. The average Bonchev–Trinajstić information content (AvgIpc) is 3.11. The fourth-order valence-electron chi connectivity index (χ4n) is 3.90. The van der Waals surface area contributed by atoms with E-state index in [9.17, 15) is 14.7 Å². The number of hydrogen-bond donors (Lipinski definition) is 2. The number of carboxylic acid groups (broad SMARTS) is 1. The van der Waals surface area contributed by atoms with Gasteiger partial charge in [0.05, 0.1) is 0 Å². The zero-order chi connectivity index (χ0) is 21.1. The van der Waals surface area contributed by atoms with Crippen molar-refractivity contribution in [3.8, 4) is 5.75 Å². The largest absolute Gasteiger partial charge is 0.508 e. The second-order valence-corrected chi connectivity index (χ2v) is 7.37. The van der Waals surface area contributed by atoms with Gasteiger partial charge in [-0.25, -0.2) is 0 Å². The minimum absolute atomic E-state index is 0.0406. The summed E-state index contributed by atoms with van der Waals surface area (Å²) in [4.78, 5) is 24.1. The molecule has 0 aliphatic rings. The highest BCUT2D eigenvalue weighted by atomic mass is 16.4. The molecule has 0 atom stereocenters. The van der Waals surface area contributed by atoms with E-state index in [-0.39, 0.29) is 24.4 Å². The van der Waals surface area contributed by atoms with E-state index in [0.29, 0.717) is 36.0 Å². The zero-order valence-corrected chi connectivity index (χ0v) is 16.4. The van der Waals surface area contributed by atoms with Gasteiger partial charge in [-0.3, -0.25) is 9.59 Å². The van der Waals surface area contributed by atoms with Gasteiger partial charge in [0.25, 0.3) is 0 Å². The number of fused-ring (bicyclic) bond motifs is 3. The lowest BCUT2D eigenvalue weighted by Crippen LogP contribution is -2.07. The molecule has 0 saturated carbocycles. The highest BCUT2D eigenvalue weighted by Gasteiger charge is 2.20. The molecule has 0 bridgehead atoms. The summed E-state index contributed by atoms with van der Waals surface area (Å²) in [6, 6.07) is 18.6. The molecular formula is C25H22O5. The Balaban J connectivity index is 1.76. The van der Waals surface area contributed by atoms with Gasteiger partial charge in [-0.15, -0.1) is 0 Å². The number of para-hydroxylation sites is 2. The van der Waals surface area contributed by atoms with Gasteiger partial charge < -0.3 is 14.6 Å². The lowest BCUT2D eigenvalue weighted by molar-refractivity contribution is -0.137. The molecule has 152 valence electrons. The van der Waals surface area contributed by atoms with E-state index in [0.717, 1.165) is 21.9 Å². The number of Topliss-reactive ketones (excluding diaryl/α,β-unsaturated/α-hetero) is 1. The molecule has 30 heavy (non-hydrogen) atoms. The lowest BCUT2D eigenvalue weighted by atomic mass is 9.91. The van der Waals surface area contributed by atoms with Gasteiger partial charge in [-0.2, -0.15) is 0 Å². The maximum absolute atomic E-state index is 13.2. The van der Waals surface area contributed by atoms with E-state index in [1.54, 1.807) is 12.1 Å². The number of carbonyl (C=O) groups is 2. The summed E-state index contributed by atoms with van der Waals surface area (Å²) >= 11 is 0. The summed E-state index contributed by atoms with van der Waals surface area (Å²) in [6.45, 7) is 0. The van der Waals surface area contributed by atoms with Crippen molar-refractivity contribution < 1.29 is 24.2 Å². The van der Waals surface area contributed by atoms with Crippen LogP contribution in [-0.2, 0) is 17.6 Å². The summed E-state index contributed by atoms with van der Waals surface area (Å²) in [6.07, 6.45) is 1.57. The van der Waals surface area contributed by atoms with E-state index in [2.05, 4.69) is 0 Å². The molecule has 0 amide bonds. The predicted molar refractivity (Wildman–Crippen MR) is 115 cm³/mol. The SMILES string of the molecule is O=C(O)CCCC(=O)c1c(CCc2ccccc2O)ccc2oc3ccccc3c12. The number of ketones is 1. The Hall–Kier alpha value is -3.60. The molecule has 4 aromatic rings. The number of phenols is 1. The quantitative estimate of drug-likeness (QED) is 0.379. The molecular weight excluding hydrogens is 380 g/mol. The highest BCUT2D eigenvalue weighted by molar-refractivity contribution is 6.17. The molecule has 0 spiro atoms. The van der Waals surface area contributed by atoms with Crippen molar-refractivity contribution >= 4 is 33.7 Å². The minimum atomic E-state index is -0.908. The summed E-state index contributed by atoms with van der Waals surface area (Å²) < 4.78 is 5.94. The van der Waals surface area contributed by atoms with Crippen LogP contribution in [0.5, 0.6) is 5.75 Å². The maximum atomic E-state index is 13.2. The monoisotopic (exact) mass is 402 g/mol. The van der Waals surface area contributed by atoms with Crippen molar-refractivity contribution in [1.29, 1.82) is 0 Å². The fourth-order valence-corrected chi connectivity index (χ4v) is 3.90. The van der Waals surface area contributed by atoms with Gasteiger partial charge in [0, 0.05) is 29.2 Å². The third-order valence-corrected chi connectivity index (χ3v) is 5.36. The second kappa shape index (κ2) is 8.41. The van der Waals surface area contributed by atoms with Crippen LogP contribution in [0.3, 0.4) is 0 Å². The van der Waals surface area contributed by atoms with E-state index in [1.165, 1.54) is 0 Å². The second-order valence-electron chi connectivity index (χ2n) is 7.37. The van der Waals surface area contributed by atoms with Crippen LogP contribution in [0.1, 0.15) is 40.7 Å². The number of aryl methyl sites for hydroxylation is 2. The Labute approximate surface area is 173 Å². The van der Waals surface area contributed by atoms with Gasteiger partial charge in [0.1, 0.15) is 16.9 Å². The lowest BCUT2D eigenvalue weighted by Gasteiger charge is -2.11. The molecule has 0 aliphatic heterocycles. The summed E-state index contributed by atoms with van der Waals surface area (Å²) in [7, 11) is 0. The molecule has 5 heteroatoms. The first-order valence-corrected chi connectivity index (χ1v) is 9.99. The van der Waals surface area contributed by atoms with Gasteiger partial charge in [0.2, 0.25) is 0 Å². The molecule has 0 unspecified atom stereocenters. The van der Waals surface area contributed by atoms with Crippen molar-refractivity contribution in [3.63, 3.8) is 0 Å². The van der Waals surface area contributed by atoms with E-state index >= 15 is 0 Å². The van der Waals surface area contributed by atoms with Crippen molar-refractivity contribution in [3.05, 3.63) is 77.4 Å². The van der Waals surface area contributed by atoms with Crippen LogP contribution in [0.15, 0.2) is 65.1 Å². The van der Waals surface area contributed by atoms with Gasteiger partial charge in [0.15, 0.2) is 5.78 Å².